The van der Waals surface area contributed by atoms with Crippen LogP contribution in [0.3, 0.4) is 0 Å². The molecule has 1 aromatic carbocycles. The number of benzene rings is 1. The van der Waals surface area contributed by atoms with Gasteiger partial charge in [-0.2, -0.15) is 0 Å². The quantitative estimate of drug-likeness (QED) is 0.738. The van der Waals surface area contributed by atoms with Crippen LogP contribution in [0.2, 0.25) is 10.0 Å². The summed E-state index contributed by atoms with van der Waals surface area (Å²) in [5.41, 5.74) is 1.53. The van der Waals surface area contributed by atoms with E-state index in [9.17, 15) is 8.42 Å². The molecule has 9 heteroatoms. The van der Waals surface area contributed by atoms with Crippen molar-refractivity contribution in [1.82, 2.24) is 4.98 Å². The third kappa shape index (κ3) is 4.79. The van der Waals surface area contributed by atoms with Crippen molar-refractivity contribution in [3.05, 3.63) is 38.8 Å². The van der Waals surface area contributed by atoms with E-state index in [0.29, 0.717) is 26.5 Å². The van der Waals surface area contributed by atoms with Gasteiger partial charge in [-0.25, -0.2) is 9.19 Å². The van der Waals surface area contributed by atoms with Crippen molar-refractivity contribution in [2.45, 2.75) is 43.1 Å². The molecule has 2 atom stereocenters. The van der Waals surface area contributed by atoms with Crippen LogP contribution in [0.15, 0.2) is 22.4 Å². The van der Waals surface area contributed by atoms with Crippen LogP contribution in [0.1, 0.15) is 32.0 Å². The van der Waals surface area contributed by atoms with Gasteiger partial charge in [0.1, 0.15) is 0 Å². The summed E-state index contributed by atoms with van der Waals surface area (Å²) in [5, 5.41) is 2.97. The van der Waals surface area contributed by atoms with E-state index in [4.69, 9.17) is 23.2 Å². The molecule has 2 aromatic rings. The Morgan fingerprint density at radius 3 is 2.50 bits per heavy atom. The smallest absolute Gasteiger partial charge is 0.195 e. The number of aromatic nitrogens is 1. The summed E-state index contributed by atoms with van der Waals surface area (Å²) in [6.07, 6.45) is 0. The van der Waals surface area contributed by atoms with Crippen LogP contribution in [0.5, 0.6) is 0 Å². The normalized spacial score (nSPS) is 14.4. The average molecular weight is 425 g/mol. The first-order chi connectivity index (χ1) is 11.1. The fraction of sp³-hybridized carbons (Fsp3) is 0.400. The second kappa shape index (κ2) is 7.83. The fourth-order valence-electron chi connectivity index (χ4n) is 1.68. The predicted molar refractivity (Wildman–Crippen MR) is 105 cm³/mol. The van der Waals surface area contributed by atoms with Gasteiger partial charge < -0.3 is 0 Å². The number of nitrogens with zero attached hydrogens (tertiary/aromatic N) is 1. The van der Waals surface area contributed by atoms with E-state index in [1.165, 1.54) is 11.3 Å². The van der Waals surface area contributed by atoms with Crippen molar-refractivity contribution in [3.63, 3.8) is 0 Å². The summed E-state index contributed by atoms with van der Waals surface area (Å²) in [5.74, 6) is 0.366. The Morgan fingerprint density at radius 1 is 1.21 bits per heavy atom. The Balaban J connectivity index is 2.11. The van der Waals surface area contributed by atoms with Gasteiger partial charge in [-0.15, -0.1) is 11.3 Å². The van der Waals surface area contributed by atoms with Gasteiger partial charge in [0.25, 0.3) is 0 Å². The topological polar surface area (TPSA) is 59.1 Å². The number of rotatable bonds is 5. The van der Waals surface area contributed by atoms with E-state index in [1.807, 2.05) is 33.1 Å². The predicted octanol–water partition coefficient (Wildman–Crippen LogP) is 4.94. The summed E-state index contributed by atoms with van der Waals surface area (Å²) in [6.45, 7) is 7.60. The van der Waals surface area contributed by atoms with Crippen molar-refractivity contribution in [3.8, 4) is 0 Å². The van der Waals surface area contributed by atoms with Gasteiger partial charge in [-0.1, -0.05) is 29.3 Å². The first kappa shape index (κ1) is 19.8. The summed E-state index contributed by atoms with van der Waals surface area (Å²) >= 11 is 13.6. The number of nitrogens with one attached hydrogen (secondary N) is 1. The highest BCUT2D eigenvalue weighted by molar-refractivity contribution is 7.86. The zero-order chi connectivity index (χ0) is 18.1. The van der Waals surface area contributed by atoms with E-state index in [2.05, 4.69) is 9.71 Å². The first-order valence-corrected chi connectivity index (χ1v) is 11.2. The van der Waals surface area contributed by atoms with E-state index in [0.717, 1.165) is 5.56 Å². The Labute approximate surface area is 161 Å². The largest absolute Gasteiger partial charge is 0.277 e. The molecule has 0 aliphatic heterocycles. The van der Waals surface area contributed by atoms with Gasteiger partial charge in [0.2, 0.25) is 0 Å². The lowest BCUT2D eigenvalue weighted by atomic mass is 10.2. The molecule has 0 aliphatic carbocycles. The molecule has 0 fully saturated rings. The molecular weight excluding hydrogens is 407 g/mol. The van der Waals surface area contributed by atoms with Crippen LogP contribution >= 0.6 is 34.5 Å². The minimum absolute atomic E-state index is 0.271. The van der Waals surface area contributed by atoms with Crippen LogP contribution in [0, 0.1) is 6.92 Å². The van der Waals surface area contributed by atoms with Gasteiger partial charge >= 0.3 is 0 Å². The number of hydrogen-bond donors (Lipinski definition) is 1. The van der Waals surface area contributed by atoms with Gasteiger partial charge in [0.05, 0.1) is 26.4 Å². The third-order valence-corrected chi connectivity index (χ3v) is 8.20. The number of aryl methyl sites for hydroxylation is 1. The highest BCUT2D eigenvalue weighted by Crippen LogP contribution is 2.32. The molecule has 0 saturated carbocycles. The van der Waals surface area contributed by atoms with Gasteiger partial charge in [0.15, 0.2) is 16.1 Å². The summed E-state index contributed by atoms with van der Waals surface area (Å²) in [7, 11) is -2.61. The van der Waals surface area contributed by atoms with Crippen molar-refractivity contribution in [2.24, 2.45) is 0 Å². The maximum absolute atomic E-state index is 12.5. The summed E-state index contributed by atoms with van der Waals surface area (Å²) in [6, 6.07) is 3.44. The first-order valence-electron chi connectivity index (χ1n) is 7.05. The van der Waals surface area contributed by atoms with Crippen molar-refractivity contribution >= 4 is 61.5 Å². The van der Waals surface area contributed by atoms with E-state index in [1.54, 1.807) is 12.1 Å². The van der Waals surface area contributed by atoms with Crippen molar-refractivity contribution in [1.29, 1.82) is 0 Å². The molecule has 4 nitrogen and oxygen atoms in total. The molecule has 2 rings (SSSR count). The molecule has 0 radical (unpaired) electrons. The highest BCUT2D eigenvalue weighted by Gasteiger charge is 2.21. The molecule has 0 saturated heterocycles. The second-order valence-electron chi connectivity index (χ2n) is 6.13. The Kier molecular flexibility index (Phi) is 6.47. The van der Waals surface area contributed by atoms with Crippen molar-refractivity contribution < 1.29 is 8.42 Å². The Bertz CT molecular complexity index is 801. The van der Waals surface area contributed by atoms with Gasteiger partial charge in [-0.3, -0.25) is 8.93 Å². The van der Waals surface area contributed by atoms with E-state index in [-0.39, 0.29) is 9.77 Å². The number of anilines is 1. The standard InChI is InChI=1S/C15H18Cl2N2O2S3/c1-9-5-6-11(13(17)12(9)16)24(21)19-14-18-10(7-22-14)8-23(20)15(2,3)4/h5-7H,8H2,1-4H3,(H,18,19). The lowest BCUT2D eigenvalue weighted by Gasteiger charge is -2.16. The molecule has 0 spiro atoms. The molecule has 1 heterocycles. The van der Waals surface area contributed by atoms with Crippen LogP contribution in [0.25, 0.3) is 0 Å². The molecule has 0 bridgehead atoms. The molecule has 1 N–H and O–H groups in total. The molecule has 0 aliphatic rings. The molecule has 24 heavy (non-hydrogen) atoms. The average Bonchev–Trinajstić information content (AvgIpc) is 2.90. The second-order valence-corrected chi connectivity index (χ2v) is 11.1. The highest BCUT2D eigenvalue weighted by atomic mass is 35.5. The number of thiazole rings is 1. The zero-order valence-corrected chi connectivity index (χ0v) is 17.6. The zero-order valence-electron chi connectivity index (χ0n) is 13.7. The van der Waals surface area contributed by atoms with Gasteiger partial charge in [0, 0.05) is 20.9 Å². The fourth-order valence-corrected chi connectivity index (χ4v) is 5.02. The lowest BCUT2D eigenvalue weighted by molar-refractivity contribution is 0.648. The molecule has 1 aromatic heterocycles. The third-order valence-electron chi connectivity index (χ3n) is 3.13. The summed E-state index contributed by atoms with van der Waals surface area (Å²) < 4.78 is 27.1. The van der Waals surface area contributed by atoms with Crippen LogP contribution < -0.4 is 4.72 Å². The lowest BCUT2D eigenvalue weighted by Crippen LogP contribution is -2.23. The summed E-state index contributed by atoms with van der Waals surface area (Å²) in [4.78, 5) is 4.75. The molecular formula is C15H18Cl2N2O2S3. The minimum Gasteiger partial charge on any atom is -0.277 e. The van der Waals surface area contributed by atoms with Crippen LogP contribution in [-0.4, -0.2) is 18.1 Å². The van der Waals surface area contributed by atoms with Crippen molar-refractivity contribution in [2.75, 3.05) is 4.72 Å². The van der Waals surface area contributed by atoms with Gasteiger partial charge in [-0.05, 0) is 39.3 Å². The Hall–Kier alpha value is -0.470. The van der Waals surface area contributed by atoms with E-state index < -0.39 is 21.8 Å². The Morgan fingerprint density at radius 2 is 1.88 bits per heavy atom. The molecule has 132 valence electrons. The maximum atomic E-state index is 12.5. The number of halogens is 2. The monoisotopic (exact) mass is 424 g/mol. The molecule has 2 unspecified atom stereocenters. The SMILES string of the molecule is Cc1ccc(S(=O)Nc2nc(CS(=O)C(C)(C)C)cs2)c(Cl)c1Cl. The van der Waals surface area contributed by atoms with Crippen LogP contribution in [0.4, 0.5) is 5.13 Å². The maximum Gasteiger partial charge on any atom is 0.195 e. The number of hydrogen-bond acceptors (Lipinski definition) is 4. The van der Waals surface area contributed by atoms with E-state index >= 15 is 0 Å². The molecule has 0 amide bonds. The minimum atomic E-state index is -1.58. The van der Waals surface area contributed by atoms with Crippen LogP contribution in [-0.2, 0) is 27.5 Å².